The van der Waals surface area contributed by atoms with Crippen LogP contribution in [0.1, 0.15) is 0 Å². The van der Waals surface area contributed by atoms with Crippen LogP contribution in [-0.4, -0.2) is 7.32 Å². The van der Waals surface area contributed by atoms with E-state index in [1.807, 2.05) is 0 Å². The maximum atomic E-state index is 9.97. The molecule has 0 saturated heterocycles. The van der Waals surface area contributed by atoms with Crippen molar-refractivity contribution in [3.63, 3.8) is 0 Å². The molecular formula is C6H4BClO3-2. The fraction of sp³-hybridized carbons (Fsp3) is 0. The van der Waals surface area contributed by atoms with E-state index >= 15 is 0 Å². The highest BCUT2D eigenvalue weighted by Crippen LogP contribution is 2.14. The lowest BCUT2D eigenvalue weighted by Gasteiger charge is -2.26. The van der Waals surface area contributed by atoms with Crippen LogP contribution in [-0.2, 0) is 0 Å². The SMILES string of the molecule is [O-]B([O-])Oc1ccc(Cl)cc1. The van der Waals surface area contributed by atoms with Gasteiger partial charge in [0, 0.05) is 5.02 Å². The van der Waals surface area contributed by atoms with Gasteiger partial charge >= 0.3 is 0 Å². The molecule has 1 rings (SSSR count). The molecule has 0 unspecified atom stereocenters. The first-order valence-corrected chi connectivity index (χ1v) is 3.30. The Bertz CT molecular complexity index is 224. The summed E-state index contributed by atoms with van der Waals surface area (Å²) in [5, 5.41) is 20.5. The van der Waals surface area contributed by atoms with Crippen molar-refractivity contribution < 1.29 is 14.7 Å². The molecular weight excluding hydrogens is 166 g/mol. The molecule has 0 radical (unpaired) electrons. The van der Waals surface area contributed by atoms with Crippen LogP contribution in [0.3, 0.4) is 0 Å². The van der Waals surface area contributed by atoms with Gasteiger partial charge in [0.2, 0.25) is 0 Å². The summed E-state index contributed by atoms with van der Waals surface area (Å²) in [5.41, 5.74) is 0. The molecule has 0 bridgehead atoms. The Kier molecular flexibility index (Phi) is 2.76. The Hall–Kier alpha value is -0.705. The molecule has 0 aliphatic heterocycles. The lowest BCUT2D eigenvalue weighted by Crippen LogP contribution is -2.50. The smallest absolute Gasteiger partial charge is 0.133 e. The van der Waals surface area contributed by atoms with Crippen molar-refractivity contribution in [3.05, 3.63) is 29.3 Å². The third kappa shape index (κ3) is 2.80. The Morgan fingerprint density at radius 3 is 2.18 bits per heavy atom. The van der Waals surface area contributed by atoms with Crippen LogP contribution in [0, 0.1) is 0 Å². The van der Waals surface area contributed by atoms with Crippen molar-refractivity contribution in [2.45, 2.75) is 0 Å². The van der Waals surface area contributed by atoms with E-state index in [9.17, 15) is 10.0 Å². The zero-order valence-corrected chi connectivity index (χ0v) is 6.25. The molecule has 0 saturated carbocycles. The normalized spacial score (nSPS) is 9.36. The summed E-state index contributed by atoms with van der Waals surface area (Å²) in [6, 6.07) is 6.01. The zero-order valence-electron chi connectivity index (χ0n) is 5.49. The molecule has 0 aliphatic rings. The second-order valence-electron chi connectivity index (χ2n) is 1.86. The van der Waals surface area contributed by atoms with Crippen molar-refractivity contribution in [1.29, 1.82) is 0 Å². The minimum atomic E-state index is -2.28. The number of rotatable bonds is 2. The second-order valence-corrected chi connectivity index (χ2v) is 2.30. The van der Waals surface area contributed by atoms with Gasteiger partial charge in [-0.1, -0.05) is 11.6 Å². The van der Waals surface area contributed by atoms with E-state index < -0.39 is 7.32 Å². The van der Waals surface area contributed by atoms with E-state index in [2.05, 4.69) is 4.65 Å². The van der Waals surface area contributed by atoms with Gasteiger partial charge < -0.3 is 14.7 Å². The molecule has 0 heterocycles. The number of benzene rings is 1. The van der Waals surface area contributed by atoms with Crippen molar-refractivity contribution in [2.24, 2.45) is 0 Å². The molecule has 0 fully saturated rings. The highest BCUT2D eigenvalue weighted by Gasteiger charge is 1.89. The molecule has 58 valence electrons. The van der Waals surface area contributed by atoms with Gasteiger partial charge in [0.05, 0.1) is 5.75 Å². The van der Waals surface area contributed by atoms with Gasteiger partial charge in [0.15, 0.2) is 0 Å². The molecule has 11 heavy (non-hydrogen) atoms. The molecule has 1 aromatic rings. The summed E-state index contributed by atoms with van der Waals surface area (Å²) in [6.07, 6.45) is 0. The summed E-state index contributed by atoms with van der Waals surface area (Å²) in [7, 11) is -2.28. The van der Waals surface area contributed by atoms with Crippen LogP contribution in [0.5, 0.6) is 5.75 Å². The summed E-state index contributed by atoms with van der Waals surface area (Å²) in [5.74, 6) is 0.240. The van der Waals surface area contributed by atoms with E-state index in [-0.39, 0.29) is 5.75 Å². The first kappa shape index (κ1) is 8.39. The van der Waals surface area contributed by atoms with Crippen LogP contribution in [0.4, 0.5) is 0 Å². The topological polar surface area (TPSA) is 55.3 Å². The average molecular weight is 170 g/mol. The predicted molar refractivity (Wildman–Crippen MR) is 37.8 cm³/mol. The van der Waals surface area contributed by atoms with Crippen LogP contribution >= 0.6 is 11.6 Å². The Labute approximate surface area is 69.4 Å². The van der Waals surface area contributed by atoms with Gasteiger partial charge in [0.25, 0.3) is 0 Å². The van der Waals surface area contributed by atoms with E-state index in [0.29, 0.717) is 5.02 Å². The van der Waals surface area contributed by atoms with Gasteiger partial charge in [-0.3, -0.25) is 0 Å². The minimum absolute atomic E-state index is 0.240. The van der Waals surface area contributed by atoms with Crippen molar-refractivity contribution in [1.82, 2.24) is 0 Å². The summed E-state index contributed by atoms with van der Waals surface area (Å²) < 4.78 is 4.30. The molecule has 0 atom stereocenters. The number of hydrogen-bond acceptors (Lipinski definition) is 3. The van der Waals surface area contributed by atoms with Crippen molar-refractivity contribution in [2.75, 3.05) is 0 Å². The third-order valence-corrected chi connectivity index (χ3v) is 1.30. The number of hydrogen-bond donors (Lipinski definition) is 0. The van der Waals surface area contributed by atoms with Crippen molar-refractivity contribution >= 4 is 18.9 Å². The Balaban J connectivity index is 2.66. The molecule has 0 aliphatic carbocycles. The van der Waals surface area contributed by atoms with E-state index in [4.69, 9.17) is 11.6 Å². The quantitative estimate of drug-likeness (QED) is 0.558. The van der Waals surface area contributed by atoms with Crippen LogP contribution in [0.15, 0.2) is 24.3 Å². The van der Waals surface area contributed by atoms with E-state index in [0.717, 1.165) is 0 Å². The number of halogens is 1. The lowest BCUT2D eigenvalue weighted by molar-refractivity contribution is -0.372. The molecule has 0 aromatic heterocycles. The molecule has 5 heteroatoms. The monoisotopic (exact) mass is 170 g/mol. The van der Waals surface area contributed by atoms with Gasteiger partial charge in [-0.25, -0.2) is 0 Å². The Morgan fingerprint density at radius 1 is 1.18 bits per heavy atom. The maximum Gasteiger partial charge on any atom is 0.133 e. The first-order chi connectivity index (χ1) is 5.18. The maximum absolute atomic E-state index is 9.97. The standard InChI is InChI=1S/C6H4BClO3/c8-5-1-3-6(4-2-5)11-7(9)10/h1-4H/q-2. The highest BCUT2D eigenvalue weighted by atomic mass is 35.5. The van der Waals surface area contributed by atoms with Gasteiger partial charge in [-0.2, -0.15) is 0 Å². The largest absolute Gasteiger partial charge is 0.860 e. The molecule has 3 nitrogen and oxygen atoms in total. The van der Waals surface area contributed by atoms with Gasteiger partial charge in [0.1, 0.15) is 7.32 Å². The third-order valence-electron chi connectivity index (χ3n) is 1.05. The predicted octanol–water partition coefficient (Wildman–Crippen LogP) is -0.576. The van der Waals surface area contributed by atoms with Gasteiger partial charge in [-0.05, 0) is 24.3 Å². The fourth-order valence-corrected chi connectivity index (χ4v) is 0.750. The van der Waals surface area contributed by atoms with Crippen LogP contribution in [0.2, 0.25) is 5.02 Å². The van der Waals surface area contributed by atoms with Gasteiger partial charge in [-0.15, -0.1) is 0 Å². The molecule has 0 N–H and O–H groups in total. The average Bonchev–Trinajstić information content (AvgIpc) is 1.93. The Morgan fingerprint density at radius 2 is 1.73 bits per heavy atom. The summed E-state index contributed by atoms with van der Waals surface area (Å²) in [6.45, 7) is 0. The lowest BCUT2D eigenvalue weighted by atomic mass is 10.2. The first-order valence-electron chi connectivity index (χ1n) is 2.92. The van der Waals surface area contributed by atoms with Crippen LogP contribution < -0.4 is 14.7 Å². The second kappa shape index (κ2) is 3.62. The summed E-state index contributed by atoms with van der Waals surface area (Å²) >= 11 is 5.54. The van der Waals surface area contributed by atoms with Crippen molar-refractivity contribution in [3.8, 4) is 5.75 Å². The van der Waals surface area contributed by atoms with E-state index in [1.165, 1.54) is 12.1 Å². The zero-order chi connectivity index (χ0) is 8.27. The molecule has 1 aromatic carbocycles. The highest BCUT2D eigenvalue weighted by molar-refractivity contribution is 6.31. The minimum Gasteiger partial charge on any atom is -0.860 e. The summed E-state index contributed by atoms with van der Waals surface area (Å²) in [4.78, 5) is 0. The molecule has 0 spiro atoms. The van der Waals surface area contributed by atoms with E-state index in [1.54, 1.807) is 12.1 Å². The fourth-order valence-electron chi connectivity index (χ4n) is 0.624. The van der Waals surface area contributed by atoms with Crippen LogP contribution in [0.25, 0.3) is 0 Å². The molecule has 0 amide bonds.